The Kier molecular flexibility index (Phi) is 2.39. The maximum absolute atomic E-state index is 10.6. The van der Waals surface area contributed by atoms with Gasteiger partial charge < -0.3 is 9.67 Å². The van der Waals surface area contributed by atoms with Gasteiger partial charge in [-0.05, 0) is 36.1 Å². The SMILES string of the molecule is Cc1cccc2cn(-c3ccc4ccn(C)c4c3)c(O)c12. The van der Waals surface area contributed by atoms with E-state index >= 15 is 0 Å². The highest BCUT2D eigenvalue weighted by atomic mass is 16.3. The fourth-order valence-corrected chi connectivity index (χ4v) is 3.02. The summed E-state index contributed by atoms with van der Waals surface area (Å²) in [6, 6.07) is 14.4. The molecule has 3 nitrogen and oxygen atoms in total. The molecule has 0 fully saturated rings. The molecule has 0 amide bonds. The number of aromatic nitrogens is 2. The smallest absolute Gasteiger partial charge is 0.204 e. The van der Waals surface area contributed by atoms with Crippen LogP contribution in [0.4, 0.5) is 0 Å². The maximum Gasteiger partial charge on any atom is 0.204 e. The monoisotopic (exact) mass is 276 g/mol. The van der Waals surface area contributed by atoms with Crippen LogP contribution in [0.1, 0.15) is 5.56 Å². The molecule has 0 spiro atoms. The minimum Gasteiger partial charge on any atom is -0.494 e. The molecule has 0 aliphatic carbocycles. The summed E-state index contributed by atoms with van der Waals surface area (Å²) < 4.78 is 3.94. The van der Waals surface area contributed by atoms with Crippen molar-refractivity contribution in [2.45, 2.75) is 6.92 Å². The van der Waals surface area contributed by atoms with Gasteiger partial charge in [-0.15, -0.1) is 0 Å². The first kappa shape index (κ1) is 12.1. The Morgan fingerprint density at radius 2 is 1.86 bits per heavy atom. The molecule has 2 aromatic carbocycles. The fraction of sp³-hybridized carbons (Fsp3) is 0.111. The molecule has 0 bridgehead atoms. The second-order valence-electron chi connectivity index (χ2n) is 5.53. The second kappa shape index (κ2) is 4.16. The first-order chi connectivity index (χ1) is 10.1. The zero-order valence-corrected chi connectivity index (χ0v) is 12.0. The van der Waals surface area contributed by atoms with Crippen LogP contribution in [-0.4, -0.2) is 14.2 Å². The van der Waals surface area contributed by atoms with Crippen LogP contribution >= 0.6 is 0 Å². The van der Waals surface area contributed by atoms with Gasteiger partial charge >= 0.3 is 0 Å². The van der Waals surface area contributed by atoms with Crippen molar-refractivity contribution in [2.75, 3.05) is 0 Å². The molecular weight excluding hydrogens is 260 g/mol. The number of hydrogen-bond donors (Lipinski definition) is 1. The Morgan fingerprint density at radius 1 is 1.00 bits per heavy atom. The van der Waals surface area contributed by atoms with Crippen molar-refractivity contribution in [2.24, 2.45) is 7.05 Å². The highest BCUT2D eigenvalue weighted by molar-refractivity contribution is 5.92. The number of aryl methyl sites for hydroxylation is 2. The Hall–Kier alpha value is -2.68. The van der Waals surface area contributed by atoms with Crippen LogP contribution in [0.3, 0.4) is 0 Å². The molecular formula is C18H16N2O. The third-order valence-corrected chi connectivity index (χ3v) is 4.17. The predicted octanol–water partition coefficient (Wildman–Crippen LogP) is 4.14. The highest BCUT2D eigenvalue weighted by Gasteiger charge is 2.12. The van der Waals surface area contributed by atoms with Crippen LogP contribution in [0.25, 0.3) is 27.4 Å². The van der Waals surface area contributed by atoms with E-state index in [1.807, 2.05) is 55.2 Å². The van der Waals surface area contributed by atoms with Gasteiger partial charge in [-0.2, -0.15) is 0 Å². The van der Waals surface area contributed by atoms with E-state index in [9.17, 15) is 5.11 Å². The largest absolute Gasteiger partial charge is 0.494 e. The number of benzene rings is 2. The van der Waals surface area contributed by atoms with Crippen molar-refractivity contribution in [3.05, 3.63) is 60.4 Å². The van der Waals surface area contributed by atoms with E-state index in [0.717, 1.165) is 27.5 Å². The lowest BCUT2D eigenvalue weighted by Crippen LogP contribution is -1.92. The van der Waals surface area contributed by atoms with E-state index < -0.39 is 0 Å². The average molecular weight is 276 g/mol. The summed E-state index contributed by atoms with van der Waals surface area (Å²) in [5, 5.41) is 13.8. The predicted molar refractivity (Wildman–Crippen MR) is 86.2 cm³/mol. The summed E-state index contributed by atoms with van der Waals surface area (Å²) in [5.41, 5.74) is 3.21. The standard InChI is InChI=1S/C18H16N2O/c1-12-4-3-5-14-11-20(18(21)17(12)14)15-7-6-13-8-9-19(2)16(13)10-15/h3-11,21H,1-2H3. The van der Waals surface area contributed by atoms with Crippen molar-refractivity contribution < 1.29 is 5.11 Å². The van der Waals surface area contributed by atoms with Crippen molar-refractivity contribution in [3.8, 4) is 11.6 Å². The molecule has 2 heterocycles. The summed E-state index contributed by atoms with van der Waals surface area (Å²) in [6.07, 6.45) is 4.03. The fourth-order valence-electron chi connectivity index (χ4n) is 3.02. The van der Waals surface area contributed by atoms with Gasteiger partial charge in [0.15, 0.2) is 0 Å². The summed E-state index contributed by atoms with van der Waals surface area (Å²) in [6.45, 7) is 2.02. The molecule has 0 saturated heterocycles. The minimum atomic E-state index is 0.302. The Balaban J connectivity index is 2.01. The molecule has 21 heavy (non-hydrogen) atoms. The number of nitrogens with zero attached hydrogens (tertiary/aromatic N) is 2. The molecule has 3 heteroatoms. The highest BCUT2D eigenvalue weighted by Crippen LogP contribution is 2.33. The lowest BCUT2D eigenvalue weighted by atomic mass is 10.1. The summed E-state index contributed by atoms with van der Waals surface area (Å²) in [4.78, 5) is 0. The van der Waals surface area contributed by atoms with Gasteiger partial charge in [-0.25, -0.2) is 0 Å². The first-order valence-electron chi connectivity index (χ1n) is 7.00. The number of aromatic hydroxyl groups is 1. The van der Waals surface area contributed by atoms with E-state index in [0.29, 0.717) is 5.88 Å². The Morgan fingerprint density at radius 3 is 2.67 bits per heavy atom. The molecule has 0 unspecified atom stereocenters. The lowest BCUT2D eigenvalue weighted by Gasteiger charge is -2.06. The molecule has 0 saturated carbocycles. The topological polar surface area (TPSA) is 30.1 Å². The average Bonchev–Trinajstić information content (AvgIpc) is 3.01. The van der Waals surface area contributed by atoms with Gasteiger partial charge in [0.2, 0.25) is 5.88 Å². The van der Waals surface area contributed by atoms with Crippen LogP contribution in [0.5, 0.6) is 5.88 Å². The Bertz CT molecular complexity index is 976. The van der Waals surface area contributed by atoms with E-state index in [1.165, 1.54) is 5.39 Å². The first-order valence-corrected chi connectivity index (χ1v) is 7.00. The zero-order chi connectivity index (χ0) is 14.6. The van der Waals surface area contributed by atoms with E-state index in [1.54, 1.807) is 0 Å². The van der Waals surface area contributed by atoms with Crippen molar-refractivity contribution >= 4 is 21.7 Å². The number of hydrogen-bond acceptors (Lipinski definition) is 1. The zero-order valence-electron chi connectivity index (χ0n) is 12.0. The molecule has 0 radical (unpaired) electrons. The Labute approximate surface area is 122 Å². The van der Waals surface area contributed by atoms with Crippen molar-refractivity contribution in [3.63, 3.8) is 0 Å². The maximum atomic E-state index is 10.6. The molecule has 2 aromatic heterocycles. The third-order valence-electron chi connectivity index (χ3n) is 4.17. The minimum absolute atomic E-state index is 0.302. The number of fused-ring (bicyclic) bond motifs is 2. The van der Waals surface area contributed by atoms with Crippen LogP contribution < -0.4 is 0 Å². The molecule has 0 atom stereocenters. The van der Waals surface area contributed by atoms with Crippen LogP contribution in [0.2, 0.25) is 0 Å². The summed E-state index contributed by atoms with van der Waals surface area (Å²) >= 11 is 0. The molecule has 1 N–H and O–H groups in total. The normalized spacial score (nSPS) is 11.5. The second-order valence-corrected chi connectivity index (χ2v) is 5.53. The van der Waals surface area contributed by atoms with Crippen LogP contribution in [0.15, 0.2) is 54.9 Å². The molecule has 0 aliphatic heterocycles. The number of rotatable bonds is 1. The lowest BCUT2D eigenvalue weighted by molar-refractivity contribution is 0.448. The van der Waals surface area contributed by atoms with Crippen molar-refractivity contribution in [1.29, 1.82) is 0 Å². The molecule has 104 valence electrons. The van der Waals surface area contributed by atoms with Gasteiger partial charge in [0.05, 0.1) is 5.69 Å². The van der Waals surface area contributed by atoms with Gasteiger partial charge in [-0.3, -0.25) is 4.57 Å². The van der Waals surface area contributed by atoms with Gasteiger partial charge in [0.25, 0.3) is 0 Å². The van der Waals surface area contributed by atoms with Gasteiger partial charge in [0, 0.05) is 35.7 Å². The summed E-state index contributed by atoms with van der Waals surface area (Å²) in [5.74, 6) is 0.302. The van der Waals surface area contributed by atoms with Crippen LogP contribution in [0, 0.1) is 6.92 Å². The molecule has 0 aliphatic rings. The van der Waals surface area contributed by atoms with E-state index in [-0.39, 0.29) is 0 Å². The molecule has 4 aromatic rings. The van der Waals surface area contributed by atoms with E-state index in [4.69, 9.17) is 0 Å². The quantitative estimate of drug-likeness (QED) is 0.556. The summed E-state index contributed by atoms with van der Waals surface area (Å²) in [7, 11) is 2.03. The van der Waals surface area contributed by atoms with E-state index in [2.05, 4.69) is 22.8 Å². The molecule has 4 rings (SSSR count). The van der Waals surface area contributed by atoms with Crippen LogP contribution in [-0.2, 0) is 7.05 Å². The third kappa shape index (κ3) is 1.67. The van der Waals surface area contributed by atoms with Crippen molar-refractivity contribution in [1.82, 2.24) is 9.13 Å². The van der Waals surface area contributed by atoms with Gasteiger partial charge in [-0.1, -0.05) is 24.3 Å². The van der Waals surface area contributed by atoms with Gasteiger partial charge in [0.1, 0.15) is 0 Å².